The van der Waals surface area contributed by atoms with Gasteiger partial charge in [-0.1, -0.05) is 0 Å². The molecular formula is C9H11BO3. The fourth-order valence-corrected chi connectivity index (χ4v) is 1.22. The van der Waals surface area contributed by atoms with E-state index < -0.39 is 0 Å². The molecule has 0 fully saturated rings. The summed E-state index contributed by atoms with van der Waals surface area (Å²) < 4.78 is 10.2. The summed E-state index contributed by atoms with van der Waals surface area (Å²) >= 11 is 0. The van der Waals surface area contributed by atoms with Crippen molar-refractivity contribution in [2.24, 2.45) is 0 Å². The fourth-order valence-electron chi connectivity index (χ4n) is 1.22. The minimum Gasteiger partial charge on any atom is -0.493 e. The minimum absolute atomic E-state index is 0.618. The van der Waals surface area contributed by atoms with Gasteiger partial charge in [-0.05, 0) is 17.6 Å². The lowest BCUT2D eigenvalue weighted by Gasteiger charge is -2.11. The van der Waals surface area contributed by atoms with Crippen molar-refractivity contribution in [3.05, 3.63) is 17.7 Å². The quantitative estimate of drug-likeness (QED) is 0.473. The van der Waals surface area contributed by atoms with Gasteiger partial charge in [0, 0.05) is 5.56 Å². The SMILES string of the molecule is Bc1c(C=O)ccc(OC)c1OC. The summed E-state index contributed by atoms with van der Waals surface area (Å²) in [7, 11) is 4.95. The Bertz CT molecular complexity index is 323. The normalized spacial score (nSPS) is 9.38. The zero-order valence-electron chi connectivity index (χ0n) is 7.96. The van der Waals surface area contributed by atoms with Crippen molar-refractivity contribution in [3.63, 3.8) is 0 Å². The van der Waals surface area contributed by atoms with Crippen LogP contribution in [0.5, 0.6) is 11.5 Å². The monoisotopic (exact) mass is 178 g/mol. The lowest BCUT2D eigenvalue weighted by atomic mass is 9.89. The molecule has 0 spiro atoms. The maximum Gasteiger partial charge on any atom is 0.160 e. The van der Waals surface area contributed by atoms with Crippen LogP contribution in [0.4, 0.5) is 0 Å². The Morgan fingerprint density at radius 3 is 2.46 bits per heavy atom. The number of hydrogen-bond donors (Lipinski definition) is 0. The molecule has 1 aromatic carbocycles. The van der Waals surface area contributed by atoms with Crippen LogP contribution in [0.25, 0.3) is 0 Å². The Hall–Kier alpha value is -1.45. The maximum atomic E-state index is 10.6. The van der Waals surface area contributed by atoms with Gasteiger partial charge in [-0.3, -0.25) is 4.79 Å². The van der Waals surface area contributed by atoms with E-state index in [1.807, 2.05) is 7.85 Å². The van der Waals surface area contributed by atoms with Gasteiger partial charge in [0.05, 0.1) is 14.2 Å². The number of aldehydes is 1. The lowest BCUT2D eigenvalue weighted by molar-refractivity contribution is 0.112. The van der Waals surface area contributed by atoms with Gasteiger partial charge in [-0.15, -0.1) is 0 Å². The average Bonchev–Trinajstić information content (AvgIpc) is 2.17. The molecular weight excluding hydrogens is 167 g/mol. The van der Waals surface area contributed by atoms with Crippen LogP contribution in [0.15, 0.2) is 12.1 Å². The van der Waals surface area contributed by atoms with E-state index in [1.54, 1.807) is 26.4 Å². The summed E-state index contributed by atoms with van der Waals surface area (Å²) in [5.74, 6) is 1.26. The van der Waals surface area contributed by atoms with Gasteiger partial charge in [-0.2, -0.15) is 0 Å². The third kappa shape index (κ3) is 1.66. The van der Waals surface area contributed by atoms with Gasteiger partial charge < -0.3 is 9.47 Å². The van der Waals surface area contributed by atoms with E-state index in [1.165, 1.54) is 0 Å². The van der Waals surface area contributed by atoms with Crippen LogP contribution in [-0.4, -0.2) is 28.4 Å². The van der Waals surface area contributed by atoms with E-state index in [0.29, 0.717) is 17.1 Å². The summed E-state index contributed by atoms with van der Waals surface area (Å²) in [6.45, 7) is 0. The lowest BCUT2D eigenvalue weighted by Crippen LogP contribution is -2.14. The highest BCUT2D eigenvalue weighted by Gasteiger charge is 2.09. The molecule has 1 rings (SSSR count). The summed E-state index contributed by atoms with van der Waals surface area (Å²) in [6.07, 6.45) is 0.803. The topological polar surface area (TPSA) is 35.5 Å². The highest BCUT2D eigenvalue weighted by molar-refractivity contribution is 6.37. The molecule has 0 radical (unpaired) electrons. The van der Waals surface area contributed by atoms with Gasteiger partial charge in [0.2, 0.25) is 0 Å². The maximum absolute atomic E-state index is 10.6. The van der Waals surface area contributed by atoms with Crippen molar-refractivity contribution >= 4 is 19.6 Å². The Morgan fingerprint density at radius 1 is 1.31 bits per heavy atom. The van der Waals surface area contributed by atoms with Crippen molar-refractivity contribution < 1.29 is 14.3 Å². The predicted octanol–water partition coefficient (Wildman–Crippen LogP) is -0.225. The van der Waals surface area contributed by atoms with E-state index in [4.69, 9.17) is 9.47 Å². The summed E-state index contributed by atoms with van der Waals surface area (Å²) in [4.78, 5) is 10.6. The number of benzene rings is 1. The van der Waals surface area contributed by atoms with Crippen LogP contribution in [0.1, 0.15) is 10.4 Å². The van der Waals surface area contributed by atoms with Crippen LogP contribution in [0.2, 0.25) is 0 Å². The molecule has 0 aromatic heterocycles. The number of ether oxygens (including phenoxy) is 2. The molecule has 68 valence electrons. The second-order valence-corrected chi connectivity index (χ2v) is 2.63. The van der Waals surface area contributed by atoms with E-state index in [9.17, 15) is 4.79 Å². The standard InChI is InChI=1S/C9H11BO3/c1-12-7-4-3-6(5-11)8(10)9(7)13-2/h3-5H,10H2,1-2H3. The van der Waals surface area contributed by atoms with Crippen molar-refractivity contribution in [3.8, 4) is 11.5 Å². The first-order chi connectivity index (χ1) is 6.24. The van der Waals surface area contributed by atoms with Crippen LogP contribution < -0.4 is 14.9 Å². The molecule has 0 bridgehead atoms. The van der Waals surface area contributed by atoms with E-state index >= 15 is 0 Å². The molecule has 0 atom stereocenters. The molecule has 0 aliphatic heterocycles. The molecule has 0 amide bonds. The first-order valence-corrected chi connectivity index (χ1v) is 3.91. The molecule has 0 saturated carbocycles. The molecule has 1 aromatic rings. The van der Waals surface area contributed by atoms with Gasteiger partial charge in [0.25, 0.3) is 0 Å². The molecule has 0 saturated heterocycles. The summed E-state index contributed by atoms with van der Waals surface area (Å²) in [5, 5.41) is 0. The van der Waals surface area contributed by atoms with Crippen molar-refractivity contribution in [2.75, 3.05) is 14.2 Å². The van der Waals surface area contributed by atoms with Crippen LogP contribution >= 0.6 is 0 Å². The van der Waals surface area contributed by atoms with Gasteiger partial charge in [0.15, 0.2) is 11.5 Å². The Morgan fingerprint density at radius 2 is 2.00 bits per heavy atom. The summed E-state index contributed by atoms with van der Waals surface area (Å²) in [5.41, 5.74) is 1.43. The molecule has 0 aliphatic rings. The van der Waals surface area contributed by atoms with E-state index in [-0.39, 0.29) is 0 Å². The van der Waals surface area contributed by atoms with Crippen molar-refractivity contribution in [1.29, 1.82) is 0 Å². The molecule has 0 aliphatic carbocycles. The number of hydrogen-bond acceptors (Lipinski definition) is 3. The second-order valence-electron chi connectivity index (χ2n) is 2.63. The smallest absolute Gasteiger partial charge is 0.160 e. The Balaban J connectivity index is 3.31. The second kappa shape index (κ2) is 3.98. The first kappa shape index (κ1) is 9.64. The highest BCUT2D eigenvalue weighted by Crippen LogP contribution is 2.24. The van der Waals surface area contributed by atoms with E-state index in [0.717, 1.165) is 11.7 Å². The van der Waals surface area contributed by atoms with Crippen LogP contribution in [0, 0.1) is 0 Å². The van der Waals surface area contributed by atoms with Gasteiger partial charge in [-0.25, -0.2) is 0 Å². The fraction of sp³-hybridized carbons (Fsp3) is 0.222. The molecule has 13 heavy (non-hydrogen) atoms. The summed E-state index contributed by atoms with van der Waals surface area (Å²) in [6, 6.07) is 3.43. The van der Waals surface area contributed by atoms with Crippen molar-refractivity contribution in [2.45, 2.75) is 0 Å². The third-order valence-electron chi connectivity index (χ3n) is 1.96. The number of carbonyl (C=O) groups is 1. The van der Waals surface area contributed by atoms with Gasteiger partial charge >= 0.3 is 0 Å². The minimum atomic E-state index is 0.618. The van der Waals surface area contributed by atoms with E-state index in [2.05, 4.69) is 0 Å². The number of rotatable bonds is 3. The molecule has 0 heterocycles. The van der Waals surface area contributed by atoms with Gasteiger partial charge in [0.1, 0.15) is 14.1 Å². The number of methoxy groups -OCH3 is 2. The third-order valence-corrected chi connectivity index (χ3v) is 1.96. The average molecular weight is 178 g/mol. The molecule has 4 heteroatoms. The Labute approximate surface area is 78.1 Å². The Kier molecular flexibility index (Phi) is 2.95. The van der Waals surface area contributed by atoms with Crippen molar-refractivity contribution in [1.82, 2.24) is 0 Å². The van der Waals surface area contributed by atoms with Crippen LogP contribution in [-0.2, 0) is 0 Å². The largest absolute Gasteiger partial charge is 0.493 e. The molecule has 3 nitrogen and oxygen atoms in total. The molecule has 0 N–H and O–H groups in total. The zero-order chi connectivity index (χ0) is 9.84. The van der Waals surface area contributed by atoms with Crippen LogP contribution in [0.3, 0.4) is 0 Å². The number of carbonyl (C=O) groups excluding carboxylic acids is 1. The highest BCUT2D eigenvalue weighted by atomic mass is 16.5. The molecule has 0 unspecified atom stereocenters. The predicted molar refractivity (Wildman–Crippen MR) is 53.1 cm³/mol. The zero-order valence-corrected chi connectivity index (χ0v) is 7.96. The first-order valence-electron chi connectivity index (χ1n) is 3.91.